The van der Waals surface area contributed by atoms with Crippen LogP contribution in [0.4, 0.5) is 5.69 Å². The highest BCUT2D eigenvalue weighted by Gasteiger charge is 2.26. The highest BCUT2D eigenvalue weighted by Crippen LogP contribution is 2.29. The van der Waals surface area contributed by atoms with E-state index < -0.39 is 6.10 Å². The number of carbonyl (C=O) groups excluding carboxylic acids is 1. The van der Waals surface area contributed by atoms with E-state index >= 15 is 0 Å². The first kappa shape index (κ1) is 17.1. The molecule has 1 aliphatic heterocycles. The zero-order chi connectivity index (χ0) is 16.9. The van der Waals surface area contributed by atoms with Gasteiger partial charge in [0.15, 0.2) is 0 Å². The van der Waals surface area contributed by atoms with Crippen LogP contribution in [0.25, 0.3) is 0 Å². The molecule has 2 aromatic rings. The lowest BCUT2D eigenvalue weighted by Crippen LogP contribution is -2.40. The molecule has 1 N–H and O–H groups in total. The standard InChI is InChI=1S/C20H23NO2S/c1-15(24-14-19(22)17-9-3-2-4-10-17)20(23)21-13-7-11-16-8-5-6-12-18(16)21/h2-6,8-10,12,15,19,22H,7,11,13-14H2,1H3. The molecule has 2 atom stereocenters. The van der Waals surface area contributed by atoms with Gasteiger partial charge in [-0.15, -0.1) is 11.8 Å². The molecule has 0 fully saturated rings. The summed E-state index contributed by atoms with van der Waals surface area (Å²) >= 11 is 1.51. The first-order valence-electron chi connectivity index (χ1n) is 8.40. The summed E-state index contributed by atoms with van der Waals surface area (Å²) in [5.41, 5.74) is 3.19. The molecule has 2 aromatic carbocycles. The number of benzene rings is 2. The van der Waals surface area contributed by atoms with E-state index in [0.29, 0.717) is 5.75 Å². The Kier molecular flexibility index (Phi) is 5.59. The molecule has 1 heterocycles. The van der Waals surface area contributed by atoms with Crippen LogP contribution in [-0.2, 0) is 11.2 Å². The molecule has 126 valence electrons. The number of aliphatic hydroxyl groups is 1. The van der Waals surface area contributed by atoms with Crippen LogP contribution in [0.15, 0.2) is 54.6 Å². The van der Waals surface area contributed by atoms with Crippen LogP contribution in [0.5, 0.6) is 0 Å². The smallest absolute Gasteiger partial charge is 0.239 e. The van der Waals surface area contributed by atoms with Crippen molar-refractivity contribution in [2.45, 2.75) is 31.1 Å². The predicted octanol–water partition coefficient (Wildman–Crippen LogP) is 3.82. The Hall–Kier alpha value is -1.78. The van der Waals surface area contributed by atoms with E-state index in [4.69, 9.17) is 0 Å². The second-order valence-electron chi connectivity index (χ2n) is 6.12. The largest absolute Gasteiger partial charge is 0.388 e. The van der Waals surface area contributed by atoms with Gasteiger partial charge in [-0.25, -0.2) is 0 Å². The third kappa shape index (κ3) is 3.82. The van der Waals surface area contributed by atoms with Crippen LogP contribution >= 0.6 is 11.8 Å². The van der Waals surface area contributed by atoms with Crippen molar-refractivity contribution < 1.29 is 9.90 Å². The van der Waals surface area contributed by atoms with E-state index in [2.05, 4.69) is 6.07 Å². The highest BCUT2D eigenvalue weighted by molar-refractivity contribution is 8.00. The van der Waals surface area contributed by atoms with Gasteiger partial charge in [-0.05, 0) is 37.0 Å². The van der Waals surface area contributed by atoms with E-state index in [-0.39, 0.29) is 11.2 Å². The summed E-state index contributed by atoms with van der Waals surface area (Å²) in [6, 6.07) is 17.8. The van der Waals surface area contributed by atoms with E-state index in [9.17, 15) is 9.90 Å². The fourth-order valence-electron chi connectivity index (χ4n) is 3.06. The van der Waals surface area contributed by atoms with Gasteiger partial charge < -0.3 is 10.0 Å². The Balaban J connectivity index is 1.61. The molecule has 1 aliphatic rings. The average Bonchev–Trinajstić information content (AvgIpc) is 2.65. The molecule has 0 radical (unpaired) electrons. The van der Waals surface area contributed by atoms with Gasteiger partial charge in [0.1, 0.15) is 0 Å². The van der Waals surface area contributed by atoms with E-state index in [1.807, 2.05) is 60.4 Å². The monoisotopic (exact) mass is 341 g/mol. The van der Waals surface area contributed by atoms with Crippen molar-refractivity contribution in [2.24, 2.45) is 0 Å². The maximum Gasteiger partial charge on any atom is 0.239 e. The first-order chi connectivity index (χ1) is 11.7. The Bertz CT molecular complexity index is 689. The van der Waals surface area contributed by atoms with Gasteiger partial charge in [0.25, 0.3) is 0 Å². The summed E-state index contributed by atoms with van der Waals surface area (Å²) in [4.78, 5) is 14.7. The Labute approximate surface area is 147 Å². The number of aliphatic hydroxyl groups excluding tert-OH is 1. The van der Waals surface area contributed by atoms with Crippen molar-refractivity contribution in [3.05, 3.63) is 65.7 Å². The lowest BCUT2D eigenvalue weighted by molar-refractivity contribution is -0.117. The fraction of sp³-hybridized carbons (Fsp3) is 0.350. The molecular weight excluding hydrogens is 318 g/mol. The van der Waals surface area contributed by atoms with Gasteiger partial charge in [-0.1, -0.05) is 48.5 Å². The molecule has 0 saturated heterocycles. The molecule has 0 saturated carbocycles. The van der Waals surface area contributed by atoms with E-state index in [0.717, 1.165) is 30.6 Å². The molecule has 0 aromatic heterocycles. The van der Waals surface area contributed by atoms with Crippen molar-refractivity contribution in [1.82, 2.24) is 0 Å². The summed E-state index contributed by atoms with van der Waals surface area (Å²) < 4.78 is 0. The summed E-state index contributed by atoms with van der Waals surface area (Å²) in [6.07, 6.45) is 1.50. The minimum atomic E-state index is -0.542. The number of hydrogen-bond donors (Lipinski definition) is 1. The van der Waals surface area contributed by atoms with Gasteiger partial charge >= 0.3 is 0 Å². The number of thioether (sulfide) groups is 1. The van der Waals surface area contributed by atoms with Crippen molar-refractivity contribution in [3.8, 4) is 0 Å². The summed E-state index contributed by atoms with van der Waals surface area (Å²) in [7, 11) is 0. The zero-order valence-corrected chi connectivity index (χ0v) is 14.7. The maximum atomic E-state index is 12.8. The van der Waals surface area contributed by atoms with Gasteiger partial charge in [0.2, 0.25) is 5.91 Å². The molecule has 0 bridgehead atoms. The number of carbonyl (C=O) groups is 1. The molecule has 4 heteroatoms. The molecule has 2 unspecified atom stereocenters. The second-order valence-corrected chi connectivity index (χ2v) is 7.50. The van der Waals surface area contributed by atoms with Gasteiger partial charge in [-0.2, -0.15) is 0 Å². The molecule has 0 aliphatic carbocycles. The Morgan fingerprint density at radius 1 is 1.17 bits per heavy atom. The normalized spacial score (nSPS) is 16.3. The number of aryl methyl sites for hydroxylation is 1. The SMILES string of the molecule is CC(SCC(O)c1ccccc1)C(=O)N1CCCc2ccccc21. The summed E-state index contributed by atoms with van der Waals surface area (Å²) in [5, 5.41) is 10.1. The number of amides is 1. The minimum Gasteiger partial charge on any atom is -0.388 e. The van der Waals surface area contributed by atoms with Crippen molar-refractivity contribution in [1.29, 1.82) is 0 Å². The molecule has 3 rings (SSSR count). The van der Waals surface area contributed by atoms with Gasteiger partial charge in [0, 0.05) is 18.0 Å². The van der Waals surface area contributed by atoms with Crippen LogP contribution in [0.2, 0.25) is 0 Å². The summed E-state index contributed by atoms with van der Waals surface area (Å²) in [5.74, 6) is 0.652. The zero-order valence-electron chi connectivity index (χ0n) is 13.9. The van der Waals surface area contributed by atoms with Crippen LogP contribution < -0.4 is 4.90 Å². The Morgan fingerprint density at radius 2 is 1.88 bits per heavy atom. The highest BCUT2D eigenvalue weighted by atomic mass is 32.2. The van der Waals surface area contributed by atoms with E-state index in [1.165, 1.54) is 17.3 Å². The maximum absolute atomic E-state index is 12.8. The number of fused-ring (bicyclic) bond motifs is 1. The van der Waals surface area contributed by atoms with Crippen LogP contribution in [0.3, 0.4) is 0 Å². The van der Waals surface area contributed by atoms with Crippen molar-refractivity contribution >= 4 is 23.4 Å². The Morgan fingerprint density at radius 3 is 2.67 bits per heavy atom. The van der Waals surface area contributed by atoms with Crippen LogP contribution in [0.1, 0.15) is 30.6 Å². The van der Waals surface area contributed by atoms with Crippen molar-refractivity contribution in [2.75, 3.05) is 17.2 Å². The molecule has 24 heavy (non-hydrogen) atoms. The predicted molar refractivity (Wildman–Crippen MR) is 100 cm³/mol. The topological polar surface area (TPSA) is 40.5 Å². The van der Waals surface area contributed by atoms with Gasteiger partial charge in [0.05, 0.1) is 11.4 Å². The number of hydrogen-bond acceptors (Lipinski definition) is 3. The number of nitrogens with zero attached hydrogens (tertiary/aromatic N) is 1. The third-order valence-corrected chi connectivity index (χ3v) is 5.62. The molecule has 1 amide bonds. The second kappa shape index (κ2) is 7.86. The quantitative estimate of drug-likeness (QED) is 0.899. The number of rotatable bonds is 5. The minimum absolute atomic E-state index is 0.132. The number of anilines is 1. The van der Waals surface area contributed by atoms with Crippen molar-refractivity contribution in [3.63, 3.8) is 0 Å². The molecule has 3 nitrogen and oxygen atoms in total. The van der Waals surface area contributed by atoms with Crippen LogP contribution in [-0.4, -0.2) is 28.6 Å². The lowest BCUT2D eigenvalue weighted by Gasteiger charge is -2.31. The third-order valence-electron chi connectivity index (χ3n) is 4.41. The van der Waals surface area contributed by atoms with E-state index in [1.54, 1.807) is 0 Å². The number of para-hydroxylation sites is 1. The fourth-order valence-corrected chi connectivity index (χ4v) is 3.99. The van der Waals surface area contributed by atoms with Gasteiger partial charge in [-0.3, -0.25) is 4.79 Å². The lowest BCUT2D eigenvalue weighted by atomic mass is 10.0. The first-order valence-corrected chi connectivity index (χ1v) is 9.45. The molecule has 0 spiro atoms. The molecular formula is C20H23NO2S. The van der Waals surface area contributed by atoms with Crippen LogP contribution in [0, 0.1) is 0 Å². The summed E-state index contributed by atoms with van der Waals surface area (Å²) in [6.45, 7) is 2.71. The average molecular weight is 341 g/mol.